The first kappa shape index (κ1) is 26.9. The third-order valence-electron chi connectivity index (χ3n) is 7.10. The zero-order valence-corrected chi connectivity index (χ0v) is 22.0. The van der Waals surface area contributed by atoms with Crippen LogP contribution < -0.4 is 15.1 Å². The highest BCUT2D eigenvalue weighted by Gasteiger charge is 2.28. The number of anilines is 2. The molecule has 2 saturated heterocycles. The second kappa shape index (κ2) is 12.4. The molecular formula is C28H33FN8O2. The monoisotopic (exact) mass is 532 g/mol. The molecule has 3 aromatic rings. The summed E-state index contributed by atoms with van der Waals surface area (Å²) < 4.78 is 20.4. The van der Waals surface area contributed by atoms with Gasteiger partial charge < -0.3 is 15.2 Å². The average Bonchev–Trinajstić information content (AvgIpc) is 2.97. The smallest absolute Gasteiger partial charge is 0.248 e. The summed E-state index contributed by atoms with van der Waals surface area (Å²) in [4.78, 5) is 15.9. The standard InChI is InChI=1S/C28H33FN8O2/c1-20-15-23(21(17-30)16-26(20)39-25-7-8-31-18-24(25)29)27-32-19-33-28(34-27)37(22-5-3-2-4-6-22)36-11-9-35(10-12-36)13-14-38/h2-6,15-16,19,24-25,31,38H,7-14,18H2,1H3/t24-,25-/m0/s1. The Hall–Kier alpha value is -3.69. The first-order valence-corrected chi connectivity index (χ1v) is 13.3. The van der Waals surface area contributed by atoms with E-state index in [9.17, 15) is 14.8 Å². The normalized spacial score (nSPS) is 20.4. The molecule has 0 unspecified atom stereocenters. The van der Waals surface area contributed by atoms with Crippen molar-refractivity contribution in [2.45, 2.75) is 25.6 Å². The van der Waals surface area contributed by atoms with Crippen molar-refractivity contribution < 1.29 is 14.2 Å². The second-order valence-corrected chi connectivity index (χ2v) is 9.72. The van der Waals surface area contributed by atoms with Gasteiger partial charge in [-0.15, -0.1) is 0 Å². The summed E-state index contributed by atoms with van der Waals surface area (Å²) >= 11 is 0. The van der Waals surface area contributed by atoms with Gasteiger partial charge in [0.1, 0.15) is 30.4 Å². The van der Waals surface area contributed by atoms with Crippen molar-refractivity contribution in [1.82, 2.24) is 30.2 Å². The van der Waals surface area contributed by atoms with Crippen molar-refractivity contribution in [1.29, 1.82) is 5.26 Å². The molecule has 39 heavy (non-hydrogen) atoms. The topological polar surface area (TPSA) is 114 Å². The second-order valence-electron chi connectivity index (χ2n) is 9.72. The summed E-state index contributed by atoms with van der Waals surface area (Å²) in [5.41, 5.74) is 2.60. The summed E-state index contributed by atoms with van der Waals surface area (Å²) in [7, 11) is 0. The van der Waals surface area contributed by atoms with Gasteiger partial charge in [0, 0.05) is 44.8 Å². The van der Waals surface area contributed by atoms with Crippen LogP contribution in [0.25, 0.3) is 11.4 Å². The Bertz CT molecular complexity index is 1300. The Morgan fingerprint density at radius 1 is 1.18 bits per heavy atom. The highest BCUT2D eigenvalue weighted by molar-refractivity contribution is 5.69. The molecule has 0 spiro atoms. The first-order chi connectivity index (χ1) is 19.1. The lowest BCUT2D eigenvalue weighted by atomic mass is 10.0. The predicted octanol–water partition coefficient (Wildman–Crippen LogP) is 2.46. The molecule has 0 aliphatic carbocycles. The third-order valence-corrected chi connectivity index (χ3v) is 7.10. The van der Waals surface area contributed by atoms with Gasteiger partial charge in [-0.2, -0.15) is 15.2 Å². The minimum atomic E-state index is -1.11. The fourth-order valence-corrected chi connectivity index (χ4v) is 4.98. The molecule has 204 valence electrons. The number of piperazine rings is 1. The van der Waals surface area contributed by atoms with Crippen LogP contribution in [0.15, 0.2) is 48.8 Å². The van der Waals surface area contributed by atoms with E-state index in [1.54, 1.807) is 6.07 Å². The molecule has 1 aromatic heterocycles. The number of aliphatic hydroxyl groups excluding tert-OH is 1. The lowest BCUT2D eigenvalue weighted by Gasteiger charge is -2.40. The Labute approximate surface area is 227 Å². The van der Waals surface area contributed by atoms with E-state index >= 15 is 0 Å². The number of aromatic nitrogens is 3. The number of hydrogen-bond donors (Lipinski definition) is 2. The maximum atomic E-state index is 14.4. The molecular weight excluding hydrogens is 499 g/mol. The van der Waals surface area contributed by atoms with Gasteiger partial charge in [0.2, 0.25) is 5.95 Å². The quantitative estimate of drug-likeness (QED) is 0.449. The summed E-state index contributed by atoms with van der Waals surface area (Å²) in [6.45, 7) is 6.68. The maximum absolute atomic E-state index is 14.4. The molecule has 2 aromatic carbocycles. The zero-order chi connectivity index (χ0) is 27.2. The third kappa shape index (κ3) is 6.15. The van der Waals surface area contributed by atoms with Gasteiger partial charge in [0.15, 0.2) is 5.82 Å². The minimum absolute atomic E-state index is 0.135. The molecule has 2 aliphatic heterocycles. The lowest BCUT2D eigenvalue weighted by Crippen LogP contribution is -2.53. The molecule has 0 amide bonds. The van der Waals surface area contributed by atoms with E-state index in [4.69, 9.17) is 9.72 Å². The molecule has 0 bridgehead atoms. The SMILES string of the molecule is Cc1cc(-c2ncnc(N(c3ccccc3)N3CCN(CCO)CC3)n2)c(C#N)cc1O[C@H]1CCNC[C@@H]1F. The van der Waals surface area contributed by atoms with E-state index in [1.165, 1.54) is 6.33 Å². The number of aliphatic hydroxyl groups is 1. The molecule has 10 nitrogen and oxygen atoms in total. The molecule has 3 heterocycles. The minimum Gasteiger partial charge on any atom is -0.487 e. The molecule has 0 saturated carbocycles. The van der Waals surface area contributed by atoms with E-state index < -0.39 is 12.3 Å². The molecule has 2 atom stereocenters. The Balaban J connectivity index is 1.46. The van der Waals surface area contributed by atoms with Gasteiger partial charge in [-0.05, 0) is 49.7 Å². The van der Waals surface area contributed by atoms with Gasteiger partial charge in [0.25, 0.3) is 0 Å². The molecule has 2 fully saturated rings. The van der Waals surface area contributed by atoms with Gasteiger partial charge >= 0.3 is 0 Å². The molecule has 2 aliphatic rings. The highest BCUT2D eigenvalue weighted by atomic mass is 19.1. The number of piperidine rings is 1. The van der Waals surface area contributed by atoms with Crippen molar-refractivity contribution in [3.63, 3.8) is 0 Å². The average molecular weight is 533 g/mol. The van der Waals surface area contributed by atoms with Crippen molar-refractivity contribution in [2.24, 2.45) is 0 Å². The van der Waals surface area contributed by atoms with Gasteiger partial charge in [-0.25, -0.2) is 19.4 Å². The predicted molar refractivity (Wildman–Crippen MR) is 145 cm³/mol. The van der Waals surface area contributed by atoms with Crippen LogP contribution in [0.4, 0.5) is 16.0 Å². The number of benzene rings is 2. The van der Waals surface area contributed by atoms with Crippen LogP contribution in [-0.2, 0) is 0 Å². The van der Waals surface area contributed by atoms with Crippen LogP contribution >= 0.6 is 0 Å². The number of hydrogen-bond acceptors (Lipinski definition) is 10. The van der Waals surface area contributed by atoms with E-state index in [0.717, 1.165) is 37.4 Å². The van der Waals surface area contributed by atoms with E-state index in [0.29, 0.717) is 48.2 Å². The number of hydrazine groups is 1. The number of β-amino-alcohol motifs (C(OH)–C–C–N with tert-alkyl or cyclic N) is 1. The summed E-state index contributed by atoms with van der Waals surface area (Å²) in [5, 5.41) is 26.5. The number of rotatable bonds is 8. The summed E-state index contributed by atoms with van der Waals surface area (Å²) in [6.07, 6.45) is 0.358. The lowest BCUT2D eigenvalue weighted by molar-refractivity contribution is 0.0726. The van der Waals surface area contributed by atoms with Gasteiger partial charge in [0.05, 0.1) is 17.9 Å². The van der Waals surface area contributed by atoms with Crippen LogP contribution in [0.2, 0.25) is 0 Å². The van der Waals surface area contributed by atoms with Crippen molar-refractivity contribution >= 4 is 11.6 Å². The first-order valence-electron chi connectivity index (χ1n) is 13.3. The largest absolute Gasteiger partial charge is 0.487 e. The number of ether oxygens (including phenoxy) is 1. The number of nitrogens with zero attached hydrogens (tertiary/aromatic N) is 7. The highest BCUT2D eigenvalue weighted by Crippen LogP contribution is 2.32. The zero-order valence-electron chi connectivity index (χ0n) is 22.0. The number of nitriles is 1. The van der Waals surface area contributed by atoms with Crippen molar-refractivity contribution in [2.75, 3.05) is 57.4 Å². The fourth-order valence-electron chi connectivity index (χ4n) is 4.98. The molecule has 11 heteroatoms. The molecule has 5 rings (SSSR count). The fraction of sp³-hybridized carbons (Fsp3) is 0.429. The number of halogens is 1. The van der Waals surface area contributed by atoms with Crippen LogP contribution in [0.3, 0.4) is 0 Å². The number of aryl methyl sites for hydroxylation is 1. The number of para-hydroxylation sites is 1. The van der Waals surface area contributed by atoms with Crippen molar-refractivity contribution in [3.05, 3.63) is 59.9 Å². The van der Waals surface area contributed by atoms with Crippen LogP contribution in [0.5, 0.6) is 5.75 Å². The van der Waals surface area contributed by atoms with E-state index in [-0.39, 0.29) is 13.2 Å². The Morgan fingerprint density at radius 2 is 1.97 bits per heavy atom. The van der Waals surface area contributed by atoms with Gasteiger partial charge in [-0.1, -0.05) is 18.2 Å². The van der Waals surface area contributed by atoms with E-state index in [2.05, 4.69) is 31.3 Å². The number of alkyl halides is 1. The molecule has 2 N–H and O–H groups in total. The van der Waals surface area contributed by atoms with Crippen LogP contribution in [0, 0.1) is 18.3 Å². The number of nitrogens with one attached hydrogen (secondary N) is 1. The Morgan fingerprint density at radius 3 is 2.69 bits per heavy atom. The van der Waals surface area contributed by atoms with Gasteiger partial charge in [-0.3, -0.25) is 4.90 Å². The van der Waals surface area contributed by atoms with E-state index in [1.807, 2.05) is 48.3 Å². The van der Waals surface area contributed by atoms with Crippen LogP contribution in [0.1, 0.15) is 17.5 Å². The summed E-state index contributed by atoms with van der Waals surface area (Å²) in [5.74, 6) is 1.31. The Kier molecular flexibility index (Phi) is 8.58. The molecule has 0 radical (unpaired) electrons. The van der Waals surface area contributed by atoms with Crippen LogP contribution in [-0.4, -0.2) is 94.7 Å². The maximum Gasteiger partial charge on any atom is 0.248 e. The van der Waals surface area contributed by atoms with Crippen molar-refractivity contribution in [3.8, 4) is 23.2 Å². The summed E-state index contributed by atoms with van der Waals surface area (Å²) in [6, 6.07) is 15.6.